The molecule has 0 radical (unpaired) electrons. The van der Waals surface area contributed by atoms with E-state index in [1.54, 1.807) is 29.3 Å². The molecule has 0 aliphatic carbocycles. The second kappa shape index (κ2) is 7.59. The number of aromatic nitrogens is 1. The van der Waals surface area contributed by atoms with Crippen LogP contribution in [0.15, 0.2) is 57.9 Å². The van der Waals surface area contributed by atoms with Crippen LogP contribution in [-0.2, 0) is 9.53 Å². The molecule has 6 heteroatoms. The number of morpholine rings is 1. The van der Waals surface area contributed by atoms with Crippen LogP contribution >= 0.6 is 15.9 Å². The van der Waals surface area contributed by atoms with Crippen LogP contribution in [0, 0.1) is 0 Å². The van der Waals surface area contributed by atoms with Crippen molar-refractivity contribution in [3.63, 3.8) is 0 Å². The van der Waals surface area contributed by atoms with E-state index in [9.17, 15) is 9.59 Å². The predicted octanol–water partition coefficient (Wildman–Crippen LogP) is 2.47. The fourth-order valence-corrected chi connectivity index (χ4v) is 2.96. The molecular weight excluding hydrogens is 372 g/mol. The second-order valence-electron chi connectivity index (χ2n) is 5.40. The van der Waals surface area contributed by atoms with Crippen molar-refractivity contribution in [3.05, 3.63) is 69.1 Å². The maximum atomic E-state index is 13.0. The van der Waals surface area contributed by atoms with Gasteiger partial charge in [-0.3, -0.25) is 14.2 Å². The van der Waals surface area contributed by atoms with Gasteiger partial charge in [0.15, 0.2) is 0 Å². The highest BCUT2D eigenvalue weighted by Crippen LogP contribution is 2.18. The number of carbonyl (C=O) groups is 1. The van der Waals surface area contributed by atoms with Crippen molar-refractivity contribution in [2.75, 3.05) is 26.3 Å². The van der Waals surface area contributed by atoms with Crippen LogP contribution in [0.5, 0.6) is 0 Å². The molecule has 0 N–H and O–H groups in total. The lowest BCUT2D eigenvalue weighted by molar-refractivity contribution is -0.129. The molecule has 3 rings (SSSR count). The molecule has 1 aromatic carbocycles. The van der Waals surface area contributed by atoms with Crippen LogP contribution in [0.25, 0.3) is 11.8 Å². The Kier molecular flexibility index (Phi) is 5.27. The Bertz CT molecular complexity index is 823. The van der Waals surface area contributed by atoms with Crippen LogP contribution < -0.4 is 5.56 Å². The summed E-state index contributed by atoms with van der Waals surface area (Å²) in [7, 11) is 0. The van der Waals surface area contributed by atoms with E-state index in [-0.39, 0.29) is 11.5 Å². The van der Waals surface area contributed by atoms with Gasteiger partial charge < -0.3 is 9.64 Å². The van der Waals surface area contributed by atoms with Gasteiger partial charge in [0, 0.05) is 29.8 Å². The quantitative estimate of drug-likeness (QED) is 0.758. The van der Waals surface area contributed by atoms with Crippen LogP contribution in [0.3, 0.4) is 0 Å². The summed E-state index contributed by atoms with van der Waals surface area (Å²) in [6.07, 6.45) is 3.36. The van der Waals surface area contributed by atoms with E-state index in [2.05, 4.69) is 15.9 Å². The van der Waals surface area contributed by atoms with Gasteiger partial charge in [0.1, 0.15) is 5.70 Å². The molecule has 1 saturated heterocycles. The third-order valence-electron chi connectivity index (χ3n) is 3.75. The average molecular weight is 389 g/mol. The summed E-state index contributed by atoms with van der Waals surface area (Å²) in [6.45, 7) is 2.08. The molecule has 5 nitrogen and oxygen atoms in total. The van der Waals surface area contributed by atoms with Gasteiger partial charge in [0.25, 0.3) is 11.5 Å². The van der Waals surface area contributed by atoms with Crippen molar-refractivity contribution in [3.8, 4) is 0 Å². The van der Waals surface area contributed by atoms with Gasteiger partial charge in [-0.05, 0) is 29.8 Å². The molecule has 1 aromatic heterocycles. The van der Waals surface area contributed by atoms with Crippen LogP contribution in [0.2, 0.25) is 0 Å². The Morgan fingerprint density at radius 3 is 2.62 bits per heavy atom. The molecule has 1 aliphatic heterocycles. The van der Waals surface area contributed by atoms with E-state index in [1.165, 1.54) is 10.6 Å². The standard InChI is InChI=1S/C18H17BrN2O3/c19-15-5-3-4-14(12-15)13-16(21-7-2-1-6-17(21)22)18(23)20-8-10-24-11-9-20/h1-7,12-13H,8-11H2/b16-13+. The van der Waals surface area contributed by atoms with E-state index in [0.29, 0.717) is 32.0 Å². The fraction of sp³-hybridized carbons (Fsp3) is 0.222. The normalized spacial score (nSPS) is 15.4. The van der Waals surface area contributed by atoms with Gasteiger partial charge in [0.05, 0.1) is 13.2 Å². The summed E-state index contributed by atoms with van der Waals surface area (Å²) >= 11 is 3.43. The minimum absolute atomic E-state index is 0.174. The number of amides is 1. The molecule has 0 unspecified atom stereocenters. The summed E-state index contributed by atoms with van der Waals surface area (Å²) < 4.78 is 7.60. The number of nitrogens with zero attached hydrogens (tertiary/aromatic N) is 2. The van der Waals surface area contributed by atoms with Crippen LogP contribution in [0.4, 0.5) is 0 Å². The SMILES string of the molecule is O=C(/C(=C\c1cccc(Br)c1)n1ccccc1=O)N1CCOCC1. The van der Waals surface area contributed by atoms with E-state index in [4.69, 9.17) is 4.74 Å². The van der Waals surface area contributed by atoms with Crippen molar-refractivity contribution >= 4 is 33.6 Å². The lowest BCUT2D eigenvalue weighted by Gasteiger charge is -2.28. The molecule has 2 aromatic rings. The Morgan fingerprint density at radius 2 is 1.92 bits per heavy atom. The first-order valence-electron chi connectivity index (χ1n) is 7.67. The number of carbonyl (C=O) groups excluding carboxylic acids is 1. The van der Waals surface area contributed by atoms with Crippen molar-refractivity contribution in [2.45, 2.75) is 0 Å². The number of hydrogen-bond acceptors (Lipinski definition) is 3. The molecule has 1 fully saturated rings. The molecule has 2 heterocycles. The zero-order valence-electron chi connectivity index (χ0n) is 13.0. The monoisotopic (exact) mass is 388 g/mol. The first kappa shape index (κ1) is 16.7. The van der Waals surface area contributed by atoms with E-state index >= 15 is 0 Å². The van der Waals surface area contributed by atoms with E-state index in [0.717, 1.165) is 10.0 Å². The topological polar surface area (TPSA) is 51.5 Å². The zero-order chi connectivity index (χ0) is 16.9. The average Bonchev–Trinajstić information content (AvgIpc) is 2.61. The Hall–Kier alpha value is -2.18. The molecule has 124 valence electrons. The number of rotatable bonds is 3. The van der Waals surface area contributed by atoms with Gasteiger partial charge in [-0.15, -0.1) is 0 Å². The Morgan fingerprint density at radius 1 is 1.12 bits per heavy atom. The lowest BCUT2D eigenvalue weighted by Crippen LogP contribution is -2.42. The lowest BCUT2D eigenvalue weighted by atomic mass is 10.1. The summed E-state index contributed by atoms with van der Waals surface area (Å²) in [6, 6.07) is 12.4. The number of ether oxygens (including phenoxy) is 1. The third kappa shape index (κ3) is 3.83. The second-order valence-corrected chi connectivity index (χ2v) is 6.31. The van der Waals surface area contributed by atoms with E-state index < -0.39 is 0 Å². The predicted molar refractivity (Wildman–Crippen MR) is 96.4 cm³/mol. The Labute approximate surface area is 148 Å². The maximum Gasteiger partial charge on any atom is 0.271 e. The van der Waals surface area contributed by atoms with Gasteiger partial charge in [-0.2, -0.15) is 0 Å². The van der Waals surface area contributed by atoms with Crippen LogP contribution in [0.1, 0.15) is 5.56 Å². The summed E-state index contributed by atoms with van der Waals surface area (Å²) in [5, 5.41) is 0. The van der Waals surface area contributed by atoms with Crippen molar-refractivity contribution < 1.29 is 9.53 Å². The summed E-state index contributed by atoms with van der Waals surface area (Å²) in [4.78, 5) is 26.9. The van der Waals surface area contributed by atoms with Gasteiger partial charge >= 0.3 is 0 Å². The molecule has 0 spiro atoms. The van der Waals surface area contributed by atoms with E-state index in [1.807, 2.05) is 24.3 Å². The maximum absolute atomic E-state index is 13.0. The summed E-state index contributed by atoms with van der Waals surface area (Å²) in [5.74, 6) is -0.174. The molecule has 24 heavy (non-hydrogen) atoms. The highest BCUT2D eigenvalue weighted by atomic mass is 79.9. The molecule has 0 bridgehead atoms. The number of pyridine rings is 1. The van der Waals surface area contributed by atoms with Crippen molar-refractivity contribution in [1.29, 1.82) is 0 Å². The molecule has 1 aliphatic rings. The summed E-state index contributed by atoms with van der Waals surface area (Å²) in [5.41, 5.74) is 0.942. The first-order valence-corrected chi connectivity index (χ1v) is 8.47. The molecule has 1 amide bonds. The largest absolute Gasteiger partial charge is 0.378 e. The van der Waals surface area contributed by atoms with Crippen LogP contribution in [-0.4, -0.2) is 41.7 Å². The minimum Gasteiger partial charge on any atom is -0.378 e. The van der Waals surface area contributed by atoms with Gasteiger partial charge in [-0.1, -0.05) is 34.1 Å². The fourth-order valence-electron chi connectivity index (χ4n) is 2.54. The molecular formula is C18H17BrN2O3. The highest BCUT2D eigenvalue weighted by Gasteiger charge is 2.22. The van der Waals surface area contributed by atoms with Crippen molar-refractivity contribution in [2.24, 2.45) is 0 Å². The number of halogens is 1. The third-order valence-corrected chi connectivity index (χ3v) is 4.24. The Balaban J connectivity index is 2.05. The smallest absolute Gasteiger partial charge is 0.271 e. The molecule has 0 atom stereocenters. The minimum atomic E-state index is -0.236. The first-order chi connectivity index (χ1) is 11.6. The number of hydrogen-bond donors (Lipinski definition) is 0. The number of benzene rings is 1. The molecule has 0 saturated carbocycles. The van der Waals surface area contributed by atoms with Gasteiger partial charge in [0.2, 0.25) is 0 Å². The van der Waals surface area contributed by atoms with Crippen molar-refractivity contribution in [1.82, 2.24) is 9.47 Å². The highest BCUT2D eigenvalue weighted by molar-refractivity contribution is 9.10. The zero-order valence-corrected chi connectivity index (χ0v) is 14.6. The van der Waals surface area contributed by atoms with Gasteiger partial charge in [-0.25, -0.2) is 0 Å².